The van der Waals surface area contributed by atoms with E-state index in [1.54, 1.807) is 24.3 Å². The Kier molecular flexibility index (Phi) is 4.65. The fraction of sp³-hybridized carbons (Fsp3) is 0.316. The van der Waals surface area contributed by atoms with Crippen molar-refractivity contribution in [1.82, 2.24) is 4.90 Å². The first-order valence-corrected chi connectivity index (χ1v) is 10.8. The Hall–Kier alpha value is -1.36. The number of hydrogen-bond donors (Lipinski definition) is 0. The summed E-state index contributed by atoms with van der Waals surface area (Å²) in [6, 6.07) is 15.6. The third-order valence-corrected chi connectivity index (χ3v) is 8.31. The van der Waals surface area contributed by atoms with E-state index in [0.717, 1.165) is 5.56 Å². The highest BCUT2D eigenvalue weighted by Gasteiger charge is 2.73. The van der Waals surface area contributed by atoms with Crippen LogP contribution < -0.4 is 0 Å². The number of benzene rings is 2. The van der Waals surface area contributed by atoms with Crippen LogP contribution in [0.15, 0.2) is 54.6 Å². The lowest BCUT2D eigenvalue weighted by Gasteiger charge is -2.39. The molecule has 27 heavy (non-hydrogen) atoms. The first kappa shape index (κ1) is 19.0. The number of nitrogens with zero attached hydrogens (tertiary/aromatic N) is 1. The molecule has 0 saturated heterocycles. The molecule has 8 heteroatoms. The maximum absolute atomic E-state index is 13.5. The molecule has 0 spiro atoms. The second-order valence-corrected chi connectivity index (χ2v) is 10.3. The van der Waals surface area contributed by atoms with Gasteiger partial charge in [-0.05, 0) is 23.3 Å². The molecule has 1 fully saturated rings. The van der Waals surface area contributed by atoms with E-state index in [0.29, 0.717) is 11.1 Å². The van der Waals surface area contributed by atoms with Crippen molar-refractivity contribution in [2.45, 2.75) is 22.1 Å². The molecule has 5 nitrogen and oxygen atoms in total. The Morgan fingerprint density at radius 2 is 1.56 bits per heavy atom. The molecule has 2 aromatic carbocycles. The number of fused-ring (bicyclic) bond motifs is 3. The van der Waals surface area contributed by atoms with Crippen LogP contribution in [-0.4, -0.2) is 35.4 Å². The first-order chi connectivity index (χ1) is 12.9. The van der Waals surface area contributed by atoms with Crippen LogP contribution in [0.2, 0.25) is 0 Å². The maximum Gasteiger partial charge on any atom is 0.357 e. The van der Waals surface area contributed by atoms with E-state index in [1.165, 1.54) is 19.1 Å². The largest absolute Gasteiger partial charge is 0.357 e. The molecule has 3 atom stereocenters. The van der Waals surface area contributed by atoms with Gasteiger partial charge in [0.15, 0.2) is 5.78 Å². The van der Waals surface area contributed by atoms with Gasteiger partial charge in [0, 0.05) is 25.7 Å². The van der Waals surface area contributed by atoms with Crippen molar-refractivity contribution in [3.05, 3.63) is 71.3 Å². The van der Waals surface area contributed by atoms with E-state index >= 15 is 0 Å². The monoisotopic (exact) mass is 425 g/mol. The molecule has 0 radical (unpaired) electrons. The highest BCUT2D eigenvalue weighted by molar-refractivity contribution is 7.54. The molecule has 142 valence electrons. The van der Waals surface area contributed by atoms with Crippen molar-refractivity contribution in [3.8, 4) is 0 Å². The Bertz CT molecular complexity index is 928. The van der Waals surface area contributed by atoms with Gasteiger partial charge >= 0.3 is 7.60 Å². The number of hydrogen-bond acceptors (Lipinski definition) is 4. The molecule has 0 N–H and O–H groups in total. The van der Waals surface area contributed by atoms with Crippen molar-refractivity contribution in [3.63, 3.8) is 0 Å². The predicted octanol–water partition coefficient (Wildman–Crippen LogP) is 4.97. The van der Waals surface area contributed by atoms with Crippen LogP contribution in [0, 0.1) is 0 Å². The van der Waals surface area contributed by atoms with Crippen LogP contribution >= 0.6 is 30.8 Å². The van der Waals surface area contributed by atoms with Crippen molar-refractivity contribution in [1.29, 1.82) is 0 Å². The summed E-state index contributed by atoms with van der Waals surface area (Å²) in [6.07, 6.45) is 0. The third-order valence-electron chi connectivity index (χ3n) is 5.25. The summed E-state index contributed by atoms with van der Waals surface area (Å²) >= 11 is 13.1. The van der Waals surface area contributed by atoms with Crippen LogP contribution in [-0.2, 0) is 13.6 Å². The summed E-state index contributed by atoms with van der Waals surface area (Å²) in [6.45, 7) is 0. The summed E-state index contributed by atoms with van der Waals surface area (Å²) in [5, 5.41) is 0. The normalized spacial score (nSPS) is 25.5. The van der Waals surface area contributed by atoms with E-state index in [1.807, 2.05) is 30.3 Å². The van der Waals surface area contributed by atoms with Crippen LogP contribution in [0.4, 0.5) is 0 Å². The predicted molar refractivity (Wildman–Crippen MR) is 104 cm³/mol. The lowest BCUT2D eigenvalue weighted by Crippen LogP contribution is -2.41. The fourth-order valence-electron chi connectivity index (χ4n) is 3.93. The fourth-order valence-corrected chi connectivity index (χ4v) is 6.42. The molecule has 1 saturated carbocycles. The molecule has 4 rings (SSSR count). The number of amides is 1. The van der Waals surface area contributed by atoms with Crippen molar-refractivity contribution in [2.24, 2.45) is 0 Å². The zero-order valence-corrected chi connectivity index (χ0v) is 17.1. The minimum atomic E-state index is -3.70. The SMILES string of the molecule is COP(=O)(OC)C1c2ccccc2C2C(N1C(=O)c1ccccc1)C2(Cl)Cl. The first-order valence-electron chi connectivity index (χ1n) is 8.42. The zero-order chi connectivity index (χ0) is 19.4. The van der Waals surface area contributed by atoms with E-state index in [2.05, 4.69) is 0 Å². The van der Waals surface area contributed by atoms with Gasteiger partial charge in [0.25, 0.3) is 5.91 Å². The maximum atomic E-state index is 13.5. The minimum Gasteiger partial charge on any atom is -0.313 e. The zero-order valence-electron chi connectivity index (χ0n) is 14.7. The smallest absolute Gasteiger partial charge is 0.313 e. The number of carbonyl (C=O) groups is 1. The summed E-state index contributed by atoms with van der Waals surface area (Å²) in [7, 11) is -1.08. The van der Waals surface area contributed by atoms with E-state index in [9.17, 15) is 9.36 Å². The number of carbonyl (C=O) groups excluding carboxylic acids is 1. The molecule has 3 unspecified atom stereocenters. The molecule has 1 aliphatic heterocycles. The highest BCUT2D eigenvalue weighted by Crippen LogP contribution is 2.73. The average molecular weight is 426 g/mol. The van der Waals surface area contributed by atoms with Crippen LogP contribution in [0.5, 0.6) is 0 Å². The Labute approximate surface area is 167 Å². The van der Waals surface area contributed by atoms with Gasteiger partial charge in [0.05, 0.1) is 6.04 Å². The van der Waals surface area contributed by atoms with Gasteiger partial charge < -0.3 is 13.9 Å². The third kappa shape index (κ3) is 2.76. The molecular weight excluding hydrogens is 408 g/mol. The summed E-state index contributed by atoms with van der Waals surface area (Å²) < 4.78 is 22.9. The van der Waals surface area contributed by atoms with Gasteiger partial charge in [-0.15, -0.1) is 0 Å². The topological polar surface area (TPSA) is 55.8 Å². The number of rotatable bonds is 4. The van der Waals surface area contributed by atoms with Crippen molar-refractivity contribution >= 4 is 36.7 Å². The van der Waals surface area contributed by atoms with Gasteiger partial charge in [0.1, 0.15) is 4.33 Å². The quantitative estimate of drug-likeness (QED) is 0.512. The van der Waals surface area contributed by atoms with Gasteiger partial charge in [0.2, 0.25) is 0 Å². The van der Waals surface area contributed by atoms with Gasteiger partial charge in [-0.3, -0.25) is 9.36 Å². The molecule has 1 heterocycles. The second-order valence-electron chi connectivity index (χ2n) is 6.58. The molecule has 1 aliphatic carbocycles. The van der Waals surface area contributed by atoms with Crippen LogP contribution in [0.1, 0.15) is 33.2 Å². The summed E-state index contributed by atoms with van der Waals surface area (Å²) in [5.41, 5.74) is 2.00. The van der Waals surface area contributed by atoms with Gasteiger partial charge in [-0.1, -0.05) is 65.7 Å². The van der Waals surface area contributed by atoms with Gasteiger partial charge in [-0.25, -0.2) is 0 Å². The Morgan fingerprint density at radius 1 is 1.00 bits per heavy atom. The Balaban J connectivity index is 1.92. The van der Waals surface area contributed by atoms with Crippen LogP contribution in [0.25, 0.3) is 0 Å². The van der Waals surface area contributed by atoms with E-state index < -0.39 is 23.8 Å². The number of halogens is 2. The summed E-state index contributed by atoms with van der Waals surface area (Å²) in [4.78, 5) is 14.9. The van der Waals surface area contributed by atoms with Crippen LogP contribution in [0.3, 0.4) is 0 Å². The minimum absolute atomic E-state index is 0.261. The number of alkyl halides is 2. The van der Waals surface area contributed by atoms with Crippen molar-refractivity contribution < 1.29 is 18.4 Å². The molecule has 0 bridgehead atoms. The molecule has 0 aromatic heterocycles. The molecule has 2 aromatic rings. The molecular formula is C19H18Cl2NO4P. The summed E-state index contributed by atoms with van der Waals surface area (Å²) in [5.74, 6) is -1.51. The standard InChI is InChI=1S/C19H18Cl2NO4P/c1-25-27(24,26-2)18-14-11-7-6-10-13(14)15-16(19(15,20)21)22(18)17(23)12-8-4-3-5-9-12/h3-11,15-16,18H,1-2H3. The molecule has 1 amide bonds. The lowest BCUT2D eigenvalue weighted by atomic mass is 9.98. The van der Waals surface area contributed by atoms with E-state index in [-0.39, 0.29) is 11.8 Å². The average Bonchev–Trinajstić information content (AvgIpc) is 3.28. The lowest BCUT2D eigenvalue weighted by molar-refractivity contribution is 0.0670. The molecule has 2 aliphatic rings. The van der Waals surface area contributed by atoms with E-state index in [4.69, 9.17) is 32.2 Å². The second kappa shape index (κ2) is 6.61. The highest BCUT2D eigenvalue weighted by atomic mass is 35.5. The van der Waals surface area contributed by atoms with Crippen molar-refractivity contribution in [2.75, 3.05) is 14.2 Å². The Morgan fingerprint density at radius 3 is 2.15 bits per heavy atom. The van der Waals surface area contributed by atoms with Gasteiger partial charge in [-0.2, -0.15) is 0 Å².